The fourth-order valence-electron chi connectivity index (χ4n) is 2.09. The largest absolute Gasteiger partial charge is 0.382 e. The van der Waals surface area contributed by atoms with E-state index in [4.69, 9.17) is 9.47 Å². The van der Waals surface area contributed by atoms with E-state index >= 15 is 0 Å². The molecule has 3 nitrogen and oxygen atoms in total. The Labute approximate surface area is 101 Å². The topological polar surface area (TPSA) is 30.5 Å². The molecule has 0 heterocycles. The van der Waals surface area contributed by atoms with Crippen LogP contribution in [0.4, 0.5) is 0 Å². The highest BCUT2D eigenvalue weighted by Crippen LogP contribution is 2.26. The summed E-state index contributed by atoms with van der Waals surface area (Å²) in [6.07, 6.45) is 1.15. The highest BCUT2D eigenvalue weighted by molar-refractivity contribution is 4.82. The van der Waals surface area contributed by atoms with E-state index < -0.39 is 0 Å². The maximum absolute atomic E-state index is 5.41. The molecule has 0 aromatic carbocycles. The van der Waals surface area contributed by atoms with E-state index in [1.54, 1.807) is 7.11 Å². The van der Waals surface area contributed by atoms with E-state index in [0.29, 0.717) is 18.6 Å². The summed E-state index contributed by atoms with van der Waals surface area (Å²) < 4.78 is 10.3. The van der Waals surface area contributed by atoms with Gasteiger partial charge < -0.3 is 14.8 Å². The molecule has 0 fully saturated rings. The molecule has 0 spiro atoms. The molecule has 0 saturated carbocycles. The first-order chi connectivity index (χ1) is 7.27. The van der Waals surface area contributed by atoms with E-state index in [1.807, 2.05) is 0 Å². The molecule has 0 aromatic heterocycles. The van der Waals surface area contributed by atoms with Gasteiger partial charge in [-0.3, -0.25) is 0 Å². The Balaban J connectivity index is 3.58. The first-order valence-corrected chi connectivity index (χ1v) is 6.08. The lowest BCUT2D eigenvalue weighted by molar-refractivity contribution is 0.0682. The second-order valence-corrected chi connectivity index (χ2v) is 6.15. The number of hydrogen-bond acceptors (Lipinski definition) is 3. The second kappa shape index (κ2) is 7.25. The van der Waals surface area contributed by atoms with Crippen molar-refractivity contribution in [3.63, 3.8) is 0 Å². The lowest BCUT2D eigenvalue weighted by Crippen LogP contribution is -2.43. The zero-order valence-electron chi connectivity index (χ0n) is 11.9. The van der Waals surface area contributed by atoms with Gasteiger partial charge in [0.1, 0.15) is 0 Å². The van der Waals surface area contributed by atoms with Gasteiger partial charge >= 0.3 is 0 Å². The quantitative estimate of drug-likeness (QED) is 0.651. The van der Waals surface area contributed by atoms with Crippen molar-refractivity contribution in [2.45, 2.75) is 46.6 Å². The minimum Gasteiger partial charge on any atom is -0.382 e. The molecule has 1 N–H and O–H groups in total. The zero-order valence-corrected chi connectivity index (χ0v) is 11.9. The van der Waals surface area contributed by atoms with Crippen molar-refractivity contribution in [2.24, 2.45) is 5.41 Å². The molecule has 0 aromatic rings. The van der Waals surface area contributed by atoms with Crippen LogP contribution in [0.25, 0.3) is 0 Å². The standard InChI is InChI=1S/C13H29NO2/c1-12(2,3)11-13(4,5)14-7-8-16-10-9-15-6/h14H,7-11H2,1-6H3. The molecule has 0 amide bonds. The van der Waals surface area contributed by atoms with Crippen LogP contribution < -0.4 is 5.32 Å². The van der Waals surface area contributed by atoms with Crippen molar-refractivity contribution >= 4 is 0 Å². The van der Waals surface area contributed by atoms with Gasteiger partial charge in [-0.1, -0.05) is 20.8 Å². The van der Waals surface area contributed by atoms with Gasteiger partial charge in [0.05, 0.1) is 19.8 Å². The number of methoxy groups -OCH3 is 1. The van der Waals surface area contributed by atoms with Crippen LogP contribution in [0.1, 0.15) is 41.0 Å². The molecule has 0 saturated heterocycles. The summed E-state index contributed by atoms with van der Waals surface area (Å²) in [5.74, 6) is 0. The third-order valence-corrected chi connectivity index (χ3v) is 2.25. The average Bonchev–Trinajstić information content (AvgIpc) is 2.06. The summed E-state index contributed by atoms with van der Waals surface area (Å²) in [4.78, 5) is 0. The van der Waals surface area contributed by atoms with Crippen molar-refractivity contribution < 1.29 is 9.47 Å². The van der Waals surface area contributed by atoms with Gasteiger partial charge in [-0.15, -0.1) is 0 Å². The third kappa shape index (κ3) is 10.4. The molecule has 0 rings (SSSR count). The number of hydrogen-bond donors (Lipinski definition) is 1. The molecular formula is C13H29NO2. The molecule has 0 bridgehead atoms. The SMILES string of the molecule is COCCOCCNC(C)(C)CC(C)(C)C. The van der Waals surface area contributed by atoms with Gasteiger partial charge in [-0.2, -0.15) is 0 Å². The van der Waals surface area contributed by atoms with Crippen LogP contribution in [-0.4, -0.2) is 39.0 Å². The van der Waals surface area contributed by atoms with E-state index in [1.165, 1.54) is 0 Å². The normalized spacial score (nSPS) is 13.1. The fourth-order valence-corrected chi connectivity index (χ4v) is 2.09. The molecule has 16 heavy (non-hydrogen) atoms. The zero-order chi connectivity index (χ0) is 12.7. The molecule has 0 aliphatic heterocycles. The molecule has 0 atom stereocenters. The average molecular weight is 231 g/mol. The van der Waals surface area contributed by atoms with Gasteiger partial charge in [0.15, 0.2) is 0 Å². The van der Waals surface area contributed by atoms with Crippen LogP contribution in [0.2, 0.25) is 0 Å². The number of ether oxygens (including phenoxy) is 2. The van der Waals surface area contributed by atoms with Gasteiger partial charge in [-0.25, -0.2) is 0 Å². The Morgan fingerprint density at radius 1 is 0.938 bits per heavy atom. The summed E-state index contributed by atoms with van der Waals surface area (Å²) >= 11 is 0. The minimum absolute atomic E-state index is 0.170. The summed E-state index contributed by atoms with van der Waals surface area (Å²) in [6.45, 7) is 14.3. The predicted molar refractivity (Wildman–Crippen MR) is 68.8 cm³/mol. The molecular weight excluding hydrogens is 202 g/mol. The predicted octanol–water partition coefficient (Wildman–Crippen LogP) is 2.45. The third-order valence-electron chi connectivity index (χ3n) is 2.25. The van der Waals surface area contributed by atoms with Crippen LogP contribution in [0, 0.1) is 5.41 Å². The Morgan fingerprint density at radius 2 is 1.56 bits per heavy atom. The second-order valence-electron chi connectivity index (χ2n) is 6.15. The molecule has 0 aliphatic carbocycles. The van der Waals surface area contributed by atoms with Crippen molar-refractivity contribution in [3.05, 3.63) is 0 Å². The number of nitrogens with one attached hydrogen (secondary N) is 1. The van der Waals surface area contributed by atoms with E-state index in [9.17, 15) is 0 Å². The van der Waals surface area contributed by atoms with E-state index in [2.05, 4.69) is 39.9 Å². The smallest absolute Gasteiger partial charge is 0.0700 e. The highest BCUT2D eigenvalue weighted by Gasteiger charge is 2.24. The van der Waals surface area contributed by atoms with Crippen LogP contribution in [-0.2, 0) is 9.47 Å². The van der Waals surface area contributed by atoms with Crippen molar-refractivity contribution in [2.75, 3.05) is 33.5 Å². The molecule has 98 valence electrons. The van der Waals surface area contributed by atoms with Crippen LogP contribution in [0.15, 0.2) is 0 Å². The fraction of sp³-hybridized carbons (Fsp3) is 1.00. The summed E-state index contributed by atoms with van der Waals surface area (Å²) in [5.41, 5.74) is 0.524. The first kappa shape index (κ1) is 15.9. The molecule has 0 unspecified atom stereocenters. The van der Waals surface area contributed by atoms with Crippen LogP contribution >= 0.6 is 0 Å². The van der Waals surface area contributed by atoms with Gasteiger partial charge in [-0.05, 0) is 25.7 Å². The van der Waals surface area contributed by atoms with E-state index in [-0.39, 0.29) is 5.54 Å². The van der Waals surface area contributed by atoms with E-state index in [0.717, 1.165) is 19.6 Å². The minimum atomic E-state index is 0.170. The lowest BCUT2D eigenvalue weighted by Gasteiger charge is -2.33. The Bertz CT molecular complexity index is 173. The molecule has 0 aliphatic rings. The van der Waals surface area contributed by atoms with Crippen molar-refractivity contribution in [1.29, 1.82) is 0 Å². The maximum Gasteiger partial charge on any atom is 0.0700 e. The Kier molecular flexibility index (Phi) is 7.20. The maximum atomic E-state index is 5.41. The van der Waals surface area contributed by atoms with Gasteiger partial charge in [0.25, 0.3) is 0 Å². The van der Waals surface area contributed by atoms with Crippen molar-refractivity contribution in [3.8, 4) is 0 Å². The Morgan fingerprint density at radius 3 is 2.06 bits per heavy atom. The van der Waals surface area contributed by atoms with Crippen LogP contribution in [0.5, 0.6) is 0 Å². The highest BCUT2D eigenvalue weighted by atomic mass is 16.5. The number of rotatable bonds is 8. The van der Waals surface area contributed by atoms with Gasteiger partial charge in [0.2, 0.25) is 0 Å². The first-order valence-electron chi connectivity index (χ1n) is 6.08. The van der Waals surface area contributed by atoms with Crippen LogP contribution in [0.3, 0.4) is 0 Å². The molecule has 0 radical (unpaired) electrons. The van der Waals surface area contributed by atoms with Gasteiger partial charge in [0, 0.05) is 19.2 Å². The van der Waals surface area contributed by atoms with Crippen molar-refractivity contribution in [1.82, 2.24) is 5.32 Å². The summed E-state index contributed by atoms with van der Waals surface area (Å²) in [7, 11) is 1.69. The summed E-state index contributed by atoms with van der Waals surface area (Å²) in [5, 5.41) is 3.53. The summed E-state index contributed by atoms with van der Waals surface area (Å²) in [6, 6.07) is 0. The Hall–Kier alpha value is -0.120. The monoisotopic (exact) mass is 231 g/mol. The lowest BCUT2D eigenvalue weighted by atomic mass is 9.82. The molecule has 3 heteroatoms.